The van der Waals surface area contributed by atoms with E-state index in [1.54, 1.807) is 6.33 Å². The smallest absolute Gasteiger partial charge is 0.475 e. The molecule has 0 saturated heterocycles. The Morgan fingerprint density at radius 2 is 1.93 bits per heavy atom. The van der Waals surface area contributed by atoms with Crippen LogP contribution >= 0.6 is 0 Å². The molecule has 0 unspecified atom stereocenters. The highest BCUT2D eigenvalue weighted by atomic mass is 19.4. The summed E-state index contributed by atoms with van der Waals surface area (Å²) in [6, 6.07) is 4.07. The minimum Gasteiger partial charge on any atom is -0.475 e. The van der Waals surface area contributed by atoms with E-state index in [0.29, 0.717) is 0 Å². The van der Waals surface area contributed by atoms with Crippen molar-refractivity contribution in [1.82, 2.24) is 14.9 Å². The molecular weight excluding hydrogens is 391 g/mol. The minimum absolute atomic E-state index is 0.129. The summed E-state index contributed by atoms with van der Waals surface area (Å²) >= 11 is 0. The third kappa shape index (κ3) is 7.04. The van der Waals surface area contributed by atoms with Gasteiger partial charge in [0.1, 0.15) is 17.8 Å². The van der Waals surface area contributed by atoms with Crippen molar-refractivity contribution in [1.29, 1.82) is 0 Å². The highest BCUT2D eigenvalue weighted by Gasteiger charge is 2.38. The Kier molecular flexibility index (Phi) is 7.60. The number of rotatable bonds is 4. The molecule has 7 nitrogen and oxygen atoms in total. The van der Waals surface area contributed by atoms with Crippen LogP contribution in [0.1, 0.15) is 36.6 Å². The molecule has 1 N–H and O–H groups in total. The van der Waals surface area contributed by atoms with Crippen molar-refractivity contribution < 1.29 is 32.2 Å². The summed E-state index contributed by atoms with van der Waals surface area (Å²) < 4.78 is 43.3. The first-order chi connectivity index (χ1) is 13.6. The van der Waals surface area contributed by atoms with Crippen LogP contribution in [0.3, 0.4) is 0 Å². The van der Waals surface area contributed by atoms with E-state index in [1.807, 2.05) is 26.8 Å². The van der Waals surface area contributed by atoms with Gasteiger partial charge in [-0.1, -0.05) is 0 Å². The molecule has 2 aromatic rings. The summed E-state index contributed by atoms with van der Waals surface area (Å²) in [6.45, 7) is 8.81. The Morgan fingerprint density at radius 1 is 1.28 bits per heavy atom. The predicted octanol–water partition coefficient (Wildman–Crippen LogP) is 3.40. The molecule has 1 aliphatic heterocycles. The maximum absolute atomic E-state index is 10.6. The molecule has 0 bridgehead atoms. The fourth-order valence-corrected chi connectivity index (χ4v) is 2.82. The molecule has 0 aromatic carbocycles. The van der Waals surface area contributed by atoms with Gasteiger partial charge in [0.25, 0.3) is 0 Å². The number of aliphatic carboxylic acids is 1. The first kappa shape index (κ1) is 22.7. The summed E-state index contributed by atoms with van der Waals surface area (Å²) in [4.78, 5) is 20.1. The fourth-order valence-electron chi connectivity index (χ4n) is 2.82. The molecule has 0 atom stereocenters. The van der Waals surface area contributed by atoms with Crippen LogP contribution in [-0.2, 0) is 24.2 Å². The summed E-state index contributed by atoms with van der Waals surface area (Å²) in [5.74, 6) is -0.0250. The molecule has 3 heterocycles. The highest BCUT2D eigenvalue weighted by Crippen LogP contribution is 2.24. The number of carbonyl (C=O) groups is 1. The first-order valence-electron chi connectivity index (χ1n) is 9.13. The van der Waals surface area contributed by atoms with Crippen LogP contribution < -0.4 is 4.74 Å². The van der Waals surface area contributed by atoms with Crippen molar-refractivity contribution in [2.75, 3.05) is 13.1 Å². The van der Waals surface area contributed by atoms with Gasteiger partial charge in [-0.3, -0.25) is 4.90 Å². The van der Waals surface area contributed by atoms with Crippen molar-refractivity contribution >= 4 is 5.97 Å². The van der Waals surface area contributed by atoms with Gasteiger partial charge >= 0.3 is 12.1 Å². The number of nitrogens with zero attached hydrogens (tertiary/aromatic N) is 3. The molecule has 0 saturated carbocycles. The molecule has 160 valence electrons. The molecule has 0 aliphatic carbocycles. The zero-order valence-electron chi connectivity index (χ0n) is 16.5. The van der Waals surface area contributed by atoms with Crippen molar-refractivity contribution in [3.05, 3.63) is 41.2 Å². The van der Waals surface area contributed by atoms with Crippen LogP contribution in [0, 0.1) is 6.92 Å². The molecule has 0 radical (unpaired) electrons. The number of carboxylic acid groups (broad SMARTS) is 1. The summed E-state index contributed by atoms with van der Waals surface area (Å²) in [6.07, 6.45) is -1.50. The van der Waals surface area contributed by atoms with Gasteiger partial charge in [0.15, 0.2) is 0 Å². The number of fused-ring (bicyclic) bond motifs is 1. The van der Waals surface area contributed by atoms with Crippen LogP contribution in [0.15, 0.2) is 22.9 Å². The number of aryl methyl sites for hydroxylation is 1. The lowest BCUT2D eigenvalue weighted by molar-refractivity contribution is -0.192. The first-order valence-corrected chi connectivity index (χ1v) is 9.13. The molecule has 1 aliphatic rings. The number of furan rings is 1. The number of hydrogen-bond donors (Lipinski definition) is 1. The molecule has 3 rings (SSSR count). The maximum Gasteiger partial charge on any atom is 0.490 e. The van der Waals surface area contributed by atoms with Crippen LogP contribution in [0.25, 0.3) is 0 Å². The topological polar surface area (TPSA) is 88.7 Å². The third-order valence-electron chi connectivity index (χ3n) is 4.10. The number of hydrogen-bond acceptors (Lipinski definition) is 6. The lowest BCUT2D eigenvalue weighted by Gasteiger charge is -2.18. The average Bonchev–Trinajstić information content (AvgIpc) is 2.90. The van der Waals surface area contributed by atoms with E-state index >= 15 is 0 Å². The normalized spacial score (nSPS) is 14.6. The second-order valence-electron chi connectivity index (χ2n) is 6.86. The van der Waals surface area contributed by atoms with Crippen molar-refractivity contribution in [3.63, 3.8) is 0 Å². The second-order valence-corrected chi connectivity index (χ2v) is 6.86. The van der Waals surface area contributed by atoms with Gasteiger partial charge in [-0.2, -0.15) is 13.2 Å². The van der Waals surface area contributed by atoms with Crippen molar-refractivity contribution in [2.45, 2.75) is 52.4 Å². The lowest BCUT2D eigenvalue weighted by Crippen LogP contribution is -2.25. The summed E-state index contributed by atoms with van der Waals surface area (Å²) in [5.41, 5.74) is 2.28. The Balaban J connectivity index is 0.000000370. The van der Waals surface area contributed by atoms with Crippen LogP contribution in [0.2, 0.25) is 0 Å². The zero-order chi connectivity index (χ0) is 21.6. The second kappa shape index (κ2) is 9.73. The number of carboxylic acids is 1. The number of ether oxygens (including phenoxy) is 1. The Hall–Kier alpha value is -2.62. The van der Waals surface area contributed by atoms with Gasteiger partial charge in [0, 0.05) is 25.1 Å². The Labute approximate surface area is 166 Å². The Bertz CT molecular complexity index is 821. The largest absolute Gasteiger partial charge is 0.490 e. The molecular formula is C19H24F3N3O4. The lowest BCUT2D eigenvalue weighted by atomic mass is 10.1. The molecule has 10 heteroatoms. The van der Waals surface area contributed by atoms with Crippen LogP contribution in [-0.4, -0.2) is 51.3 Å². The van der Waals surface area contributed by atoms with Crippen LogP contribution in [0.5, 0.6) is 5.88 Å². The van der Waals surface area contributed by atoms with Gasteiger partial charge < -0.3 is 14.3 Å². The average molecular weight is 415 g/mol. The van der Waals surface area contributed by atoms with E-state index in [9.17, 15) is 13.2 Å². The van der Waals surface area contributed by atoms with Gasteiger partial charge in [0.2, 0.25) is 5.88 Å². The number of aromatic nitrogens is 2. The van der Waals surface area contributed by atoms with Crippen molar-refractivity contribution in [2.24, 2.45) is 0 Å². The minimum atomic E-state index is -5.08. The number of alkyl halides is 3. The number of halogens is 3. The fraction of sp³-hybridized carbons (Fsp3) is 0.526. The third-order valence-corrected chi connectivity index (χ3v) is 4.10. The van der Waals surface area contributed by atoms with Gasteiger partial charge in [-0.25, -0.2) is 14.8 Å². The van der Waals surface area contributed by atoms with E-state index in [0.717, 1.165) is 61.1 Å². The molecule has 0 spiro atoms. The molecule has 0 fully saturated rings. The van der Waals surface area contributed by atoms with E-state index in [1.165, 1.54) is 0 Å². The SMILES string of the molecule is Cc1ccc(CN2CCc3ncnc(OC(C)C)c3CC2)o1.O=C(O)C(F)(F)F. The van der Waals surface area contributed by atoms with E-state index in [4.69, 9.17) is 19.1 Å². The quantitative estimate of drug-likeness (QED) is 0.819. The maximum atomic E-state index is 10.6. The Morgan fingerprint density at radius 3 is 2.48 bits per heavy atom. The van der Waals surface area contributed by atoms with Crippen LogP contribution in [0.4, 0.5) is 13.2 Å². The van der Waals surface area contributed by atoms with Gasteiger partial charge in [-0.15, -0.1) is 0 Å². The molecule has 2 aromatic heterocycles. The molecule has 29 heavy (non-hydrogen) atoms. The molecule has 0 amide bonds. The van der Waals surface area contributed by atoms with Gasteiger partial charge in [-0.05, 0) is 39.3 Å². The highest BCUT2D eigenvalue weighted by molar-refractivity contribution is 5.73. The summed E-state index contributed by atoms with van der Waals surface area (Å²) in [5, 5.41) is 7.12. The zero-order valence-corrected chi connectivity index (χ0v) is 16.5. The predicted molar refractivity (Wildman–Crippen MR) is 97.6 cm³/mol. The van der Waals surface area contributed by atoms with Crippen molar-refractivity contribution in [3.8, 4) is 5.88 Å². The van der Waals surface area contributed by atoms with E-state index in [-0.39, 0.29) is 6.10 Å². The van der Waals surface area contributed by atoms with E-state index < -0.39 is 12.1 Å². The van der Waals surface area contributed by atoms with E-state index in [2.05, 4.69) is 20.9 Å². The standard InChI is InChI=1S/C17H23N3O2.C2HF3O2/c1-12(2)21-17-15-6-8-20(9-7-16(15)18-11-19-17)10-14-5-4-13(3)22-14;3-2(4,5)1(6)7/h4-5,11-12H,6-10H2,1-3H3;(H,6,7). The summed E-state index contributed by atoms with van der Waals surface area (Å²) in [7, 11) is 0. The van der Waals surface area contributed by atoms with Gasteiger partial charge in [0.05, 0.1) is 18.3 Å². The monoisotopic (exact) mass is 415 g/mol.